The number of Topliss-reactive ketones (excluding diaryl/α,β-unsaturated/α-hetero) is 1. The van der Waals surface area contributed by atoms with Gasteiger partial charge in [0.2, 0.25) is 5.91 Å². The van der Waals surface area contributed by atoms with Crippen molar-refractivity contribution in [1.82, 2.24) is 4.90 Å². The van der Waals surface area contributed by atoms with Crippen LogP contribution in [0.1, 0.15) is 54.6 Å². The molecule has 2 aromatic rings. The van der Waals surface area contributed by atoms with Crippen molar-refractivity contribution in [3.05, 3.63) is 59.2 Å². The molecule has 1 heterocycles. The number of carbonyl (C=O) groups is 2. The topological polar surface area (TPSA) is 55.8 Å². The minimum atomic E-state index is -0.0298. The SMILES string of the molecule is CCCc1ccc(C(=O)CCC(=O)N(CC)Cc2cccc3c2OCCO3)cc1. The number of nitrogens with zero attached hydrogens (tertiary/aromatic N) is 1. The molecule has 1 amide bonds. The Morgan fingerprint density at radius 2 is 1.72 bits per heavy atom. The summed E-state index contributed by atoms with van der Waals surface area (Å²) >= 11 is 0. The highest BCUT2D eigenvalue weighted by Gasteiger charge is 2.20. The van der Waals surface area contributed by atoms with E-state index in [0.717, 1.165) is 24.2 Å². The number of fused-ring (bicyclic) bond motifs is 1. The van der Waals surface area contributed by atoms with E-state index in [1.807, 2.05) is 49.4 Å². The summed E-state index contributed by atoms with van der Waals surface area (Å²) in [5, 5.41) is 0. The van der Waals surface area contributed by atoms with Gasteiger partial charge in [0.05, 0.1) is 0 Å². The van der Waals surface area contributed by atoms with Crippen LogP contribution in [0.2, 0.25) is 0 Å². The molecule has 3 rings (SSSR count). The summed E-state index contributed by atoms with van der Waals surface area (Å²) in [7, 11) is 0. The molecule has 0 aromatic heterocycles. The Bertz CT molecular complexity index is 844. The number of aryl methyl sites for hydroxylation is 1. The number of para-hydroxylation sites is 1. The van der Waals surface area contributed by atoms with Gasteiger partial charge in [-0.15, -0.1) is 0 Å². The quantitative estimate of drug-likeness (QED) is 0.590. The average Bonchev–Trinajstić information content (AvgIpc) is 2.76. The second-order valence-electron chi connectivity index (χ2n) is 7.22. The predicted molar refractivity (Wildman–Crippen MR) is 113 cm³/mol. The lowest BCUT2D eigenvalue weighted by Crippen LogP contribution is -2.31. The third-order valence-electron chi connectivity index (χ3n) is 5.12. The molecule has 2 aromatic carbocycles. The van der Waals surface area contributed by atoms with E-state index in [1.165, 1.54) is 5.56 Å². The fourth-order valence-electron chi connectivity index (χ4n) is 3.51. The van der Waals surface area contributed by atoms with Crippen molar-refractivity contribution in [2.24, 2.45) is 0 Å². The molecular weight excluding hydrogens is 366 g/mol. The molecule has 0 unspecified atom stereocenters. The van der Waals surface area contributed by atoms with E-state index in [0.29, 0.717) is 37.6 Å². The van der Waals surface area contributed by atoms with Crippen molar-refractivity contribution in [3.8, 4) is 11.5 Å². The van der Waals surface area contributed by atoms with Crippen molar-refractivity contribution in [2.75, 3.05) is 19.8 Å². The van der Waals surface area contributed by atoms with Gasteiger partial charge in [-0.3, -0.25) is 9.59 Å². The molecule has 0 radical (unpaired) electrons. The van der Waals surface area contributed by atoms with Gasteiger partial charge in [-0.25, -0.2) is 0 Å². The van der Waals surface area contributed by atoms with Crippen LogP contribution in [0.15, 0.2) is 42.5 Å². The first-order valence-electron chi connectivity index (χ1n) is 10.4. The van der Waals surface area contributed by atoms with Crippen molar-refractivity contribution in [1.29, 1.82) is 0 Å². The predicted octanol–water partition coefficient (Wildman–Crippen LogP) is 4.42. The van der Waals surface area contributed by atoms with Gasteiger partial charge < -0.3 is 14.4 Å². The molecule has 0 N–H and O–H groups in total. The molecule has 5 heteroatoms. The molecule has 0 atom stereocenters. The smallest absolute Gasteiger partial charge is 0.223 e. The van der Waals surface area contributed by atoms with E-state index in [-0.39, 0.29) is 24.5 Å². The number of ether oxygens (including phenoxy) is 2. The van der Waals surface area contributed by atoms with Crippen LogP contribution in [0.3, 0.4) is 0 Å². The largest absolute Gasteiger partial charge is 0.486 e. The summed E-state index contributed by atoms with van der Waals surface area (Å²) < 4.78 is 11.4. The summed E-state index contributed by atoms with van der Waals surface area (Å²) in [5.41, 5.74) is 2.83. The first kappa shape index (κ1) is 20.9. The molecule has 0 saturated carbocycles. The molecule has 0 aliphatic carbocycles. The summed E-state index contributed by atoms with van der Waals surface area (Å²) in [6, 6.07) is 13.5. The van der Waals surface area contributed by atoms with Crippen LogP contribution in [0.25, 0.3) is 0 Å². The maximum Gasteiger partial charge on any atom is 0.223 e. The minimum absolute atomic E-state index is 0.00581. The van der Waals surface area contributed by atoms with E-state index in [9.17, 15) is 9.59 Å². The zero-order valence-electron chi connectivity index (χ0n) is 17.3. The van der Waals surface area contributed by atoms with E-state index in [4.69, 9.17) is 9.47 Å². The van der Waals surface area contributed by atoms with Crippen LogP contribution in [0, 0.1) is 0 Å². The van der Waals surface area contributed by atoms with E-state index < -0.39 is 0 Å². The Balaban J connectivity index is 1.58. The molecule has 5 nitrogen and oxygen atoms in total. The van der Waals surface area contributed by atoms with Crippen LogP contribution in [0.5, 0.6) is 11.5 Å². The monoisotopic (exact) mass is 395 g/mol. The molecule has 0 bridgehead atoms. The highest BCUT2D eigenvalue weighted by molar-refractivity contribution is 5.98. The lowest BCUT2D eigenvalue weighted by atomic mass is 10.0. The first-order valence-corrected chi connectivity index (χ1v) is 10.4. The highest BCUT2D eigenvalue weighted by Crippen LogP contribution is 2.34. The van der Waals surface area contributed by atoms with Gasteiger partial charge in [0, 0.05) is 37.1 Å². The van der Waals surface area contributed by atoms with Gasteiger partial charge in [0.15, 0.2) is 17.3 Å². The van der Waals surface area contributed by atoms with Gasteiger partial charge in [0.25, 0.3) is 0 Å². The van der Waals surface area contributed by atoms with Gasteiger partial charge in [-0.05, 0) is 25.0 Å². The van der Waals surface area contributed by atoms with Gasteiger partial charge in [0.1, 0.15) is 13.2 Å². The zero-order valence-corrected chi connectivity index (χ0v) is 17.3. The Morgan fingerprint density at radius 3 is 2.45 bits per heavy atom. The van der Waals surface area contributed by atoms with E-state index >= 15 is 0 Å². The van der Waals surface area contributed by atoms with Gasteiger partial charge in [-0.2, -0.15) is 0 Å². The third kappa shape index (κ3) is 5.37. The standard InChI is InChI=1S/C24H29NO4/c1-3-6-18-9-11-19(12-10-18)21(26)13-14-23(27)25(4-2)17-20-7-5-8-22-24(20)29-16-15-28-22/h5,7-12H,3-4,6,13-17H2,1-2H3. The number of rotatable bonds is 9. The fourth-order valence-corrected chi connectivity index (χ4v) is 3.51. The summed E-state index contributed by atoms with van der Waals surface area (Å²) in [5.74, 6) is 1.41. The van der Waals surface area contributed by atoms with Gasteiger partial charge in [-0.1, -0.05) is 49.7 Å². The maximum atomic E-state index is 12.7. The molecular formula is C24H29NO4. The highest BCUT2D eigenvalue weighted by atomic mass is 16.6. The van der Waals surface area contributed by atoms with Crippen molar-refractivity contribution in [3.63, 3.8) is 0 Å². The lowest BCUT2D eigenvalue weighted by molar-refractivity contribution is -0.131. The fraction of sp³-hybridized carbons (Fsp3) is 0.417. The summed E-state index contributed by atoms with van der Waals surface area (Å²) in [4.78, 5) is 27.0. The zero-order chi connectivity index (χ0) is 20.6. The lowest BCUT2D eigenvalue weighted by Gasteiger charge is -2.25. The summed E-state index contributed by atoms with van der Waals surface area (Å²) in [6.07, 6.45) is 2.51. The number of hydrogen-bond acceptors (Lipinski definition) is 4. The maximum absolute atomic E-state index is 12.7. The van der Waals surface area contributed by atoms with Crippen molar-refractivity contribution in [2.45, 2.75) is 46.1 Å². The summed E-state index contributed by atoms with van der Waals surface area (Å²) in [6.45, 7) is 6.14. The Morgan fingerprint density at radius 1 is 0.966 bits per heavy atom. The van der Waals surface area contributed by atoms with Gasteiger partial charge >= 0.3 is 0 Å². The average molecular weight is 395 g/mol. The molecule has 29 heavy (non-hydrogen) atoms. The number of carbonyl (C=O) groups excluding carboxylic acids is 2. The number of amides is 1. The first-order chi connectivity index (χ1) is 14.1. The number of ketones is 1. The second kappa shape index (κ2) is 10.1. The van der Waals surface area contributed by atoms with Crippen LogP contribution in [0.4, 0.5) is 0 Å². The Labute approximate surface area is 172 Å². The number of hydrogen-bond donors (Lipinski definition) is 0. The Hall–Kier alpha value is -2.82. The van der Waals surface area contributed by atoms with Crippen LogP contribution < -0.4 is 9.47 Å². The molecule has 0 spiro atoms. The second-order valence-corrected chi connectivity index (χ2v) is 7.22. The minimum Gasteiger partial charge on any atom is -0.486 e. The molecule has 1 aliphatic heterocycles. The van der Waals surface area contributed by atoms with Crippen LogP contribution in [-0.2, 0) is 17.8 Å². The normalized spacial score (nSPS) is 12.5. The molecule has 154 valence electrons. The van der Waals surface area contributed by atoms with Crippen LogP contribution in [-0.4, -0.2) is 36.3 Å². The molecule has 0 saturated heterocycles. The third-order valence-corrected chi connectivity index (χ3v) is 5.12. The van der Waals surface area contributed by atoms with E-state index in [1.54, 1.807) is 4.90 Å². The molecule has 1 aliphatic rings. The van der Waals surface area contributed by atoms with E-state index in [2.05, 4.69) is 6.92 Å². The van der Waals surface area contributed by atoms with Crippen molar-refractivity contribution < 1.29 is 19.1 Å². The number of benzene rings is 2. The molecule has 0 fully saturated rings. The van der Waals surface area contributed by atoms with Crippen molar-refractivity contribution >= 4 is 11.7 Å². The Kier molecular flexibility index (Phi) is 7.28. The van der Waals surface area contributed by atoms with Crippen LogP contribution >= 0.6 is 0 Å².